The van der Waals surface area contributed by atoms with Crippen LogP contribution in [0.4, 0.5) is 0 Å². The van der Waals surface area contributed by atoms with Crippen molar-refractivity contribution in [2.24, 2.45) is 0 Å². The van der Waals surface area contributed by atoms with Crippen molar-refractivity contribution >= 4 is 33.0 Å². The topological polar surface area (TPSA) is 52.1 Å². The second kappa shape index (κ2) is 10.4. The van der Waals surface area contributed by atoms with Crippen molar-refractivity contribution in [2.75, 3.05) is 0 Å². The lowest BCUT2D eigenvalue weighted by Gasteiger charge is -2.22. The minimum Gasteiger partial charge on any atom is -0.436 e. The highest BCUT2D eigenvalue weighted by Gasteiger charge is 2.36. The molecule has 0 spiro atoms. The van der Waals surface area contributed by atoms with Gasteiger partial charge in [0.1, 0.15) is 11.0 Å². The maximum absolute atomic E-state index is 8.44. The molecule has 2 aromatic heterocycles. The molecule has 49 heavy (non-hydrogen) atoms. The Morgan fingerprint density at radius 2 is 1.12 bits per heavy atom. The summed E-state index contributed by atoms with van der Waals surface area (Å²) in [6.07, 6.45) is 0. The monoisotopic (exact) mass is 638 g/mol. The fourth-order valence-electron chi connectivity index (χ4n) is 7.19. The van der Waals surface area contributed by atoms with Gasteiger partial charge in [0.25, 0.3) is 0 Å². The Morgan fingerprint density at radius 3 is 1.84 bits per heavy atom. The number of rotatable bonds is 4. The molecule has 10 rings (SSSR count). The fraction of sp³-hybridized carbons (Fsp3) is 0.0667. The summed E-state index contributed by atoms with van der Waals surface area (Å²) in [5.74, 6) is 0.0918. The van der Waals surface area contributed by atoms with E-state index < -0.39 is 24.2 Å². The second-order valence-corrected chi connectivity index (χ2v) is 12.9. The summed E-state index contributed by atoms with van der Waals surface area (Å²) in [6.45, 7) is 4.54. The first-order valence-corrected chi connectivity index (χ1v) is 16.0. The third-order valence-electron chi connectivity index (χ3n) is 9.61. The highest BCUT2D eigenvalue weighted by Crippen LogP contribution is 2.52. The SMILES string of the molecule is [2H]c1c([2H])c([2H])c2oc(-c3cc(-c4cccc(-c5ccc6c(c5)C(C)(C)c5ccc7ccccc7c5-6)c4)cc(-c4nc5c([2H])c([2H])c([2H])c([2H])c5o4)c3)nc2c1[2H]. The van der Waals surface area contributed by atoms with E-state index in [0.717, 1.165) is 16.7 Å². The van der Waals surface area contributed by atoms with Gasteiger partial charge in [0, 0.05) is 16.5 Å². The first-order chi connectivity index (χ1) is 27.3. The third-order valence-corrected chi connectivity index (χ3v) is 9.61. The Morgan fingerprint density at radius 1 is 0.531 bits per heavy atom. The van der Waals surface area contributed by atoms with Gasteiger partial charge in [-0.05, 0) is 110 Å². The number of para-hydroxylation sites is 4. The van der Waals surface area contributed by atoms with Crippen molar-refractivity contribution in [3.05, 3.63) is 157 Å². The van der Waals surface area contributed by atoms with Crippen molar-refractivity contribution in [3.63, 3.8) is 0 Å². The quantitative estimate of drug-likeness (QED) is 0.192. The van der Waals surface area contributed by atoms with Crippen LogP contribution in [0.25, 0.3) is 89.3 Å². The van der Waals surface area contributed by atoms with Gasteiger partial charge in [0.15, 0.2) is 11.2 Å². The molecule has 0 saturated heterocycles. The van der Waals surface area contributed by atoms with Gasteiger partial charge in [0.2, 0.25) is 11.8 Å². The summed E-state index contributed by atoms with van der Waals surface area (Å²) in [5.41, 5.74) is 9.05. The maximum atomic E-state index is 8.44. The molecular weight excluding hydrogens is 601 g/mol. The molecular formula is C45H30N2O2. The van der Waals surface area contributed by atoms with Crippen LogP contribution in [-0.4, -0.2) is 9.97 Å². The van der Waals surface area contributed by atoms with E-state index in [-0.39, 0.29) is 63.6 Å². The average Bonchev–Trinajstić information content (AvgIpc) is 3.95. The molecule has 0 N–H and O–H groups in total. The van der Waals surface area contributed by atoms with Crippen LogP contribution in [0.5, 0.6) is 0 Å². The molecule has 0 unspecified atom stereocenters. The number of hydrogen-bond acceptors (Lipinski definition) is 4. The molecule has 1 aliphatic rings. The van der Waals surface area contributed by atoms with Gasteiger partial charge in [-0.3, -0.25) is 0 Å². The van der Waals surface area contributed by atoms with E-state index in [1.807, 2.05) is 24.3 Å². The average molecular weight is 639 g/mol. The van der Waals surface area contributed by atoms with E-state index in [2.05, 4.69) is 90.5 Å². The Balaban J connectivity index is 1.14. The summed E-state index contributed by atoms with van der Waals surface area (Å²) < 4.78 is 78.4. The van der Waals surface area contributed by atoms with E-state index in [9.17, 15) is 0 Å². The molecule has 1 aliphatic carbocycles. The lowest BCUT2D eigenvalue weighted by molar-refractivity contribution is 0.617. The fourth-order valence-corrected chi connectivity index (χ4v) is 7.19. The zero-order valence-electron chi connectivity index (χ0n) is 34.4. The summed E-state index contributed by atoms with van der Waals surface area (Å²) >= 11 is 0. The predicted octanol–water partition coefficient (Wildman–Crippen LogP) is 12.1. The summed E-state index contributed by atoms with van der Waals surface area (Å²) in [4.78, 5) is 9.04. The number of aromatic nitrogens is 2. The van der Waals surface area contributed by atoms with Crippen molar-refractivity contribution in [1.82, 2.24) is 9.97 Å². The number of oxazole rings is 2. The van der Waals surface area contributed by atoms with Crippen LogP contribution in [0.3, 0.4) is 0 Å². The van der Waals surface area contributed by atoms with Gasteiger partial charge in [-0.2, -0.15) is 0 Å². The Kier molecular flexibility index (Phi) is 4.42. The van der Waals surface area contributed by atoms with Gasteiger partial charge in [-0.1, -0.05) is 105 Å². The van der Waals surface area contributed by atoms with E-state index in [0.29, 0.717) is 16.7 Å². The molecule has 0 fully saturated rings. The molecule has 0 atom stereocenters. The van der Waals surface area contributed by atoms with Crippen LogP contribution >= 0.6 is 0 Å². The molecule has 0 radical (unpaired) electrons. The first kappa shape index (κ1) is 20.9. The Hall–Kier alpha value is -6.26. The normalized spacial score (nSPS) is 15.6. The largest absolute Gasteiger partial charge is 0.436 e. The highest BCUT2D eigenvalue weighted by atomic mass is 16.4. The number of hydrogen-bond donors (Lipinski definition) is 0. The highest BCUT2D eigenvalue weighted by molar-refractivity contribution is 6.03. The maximum Gasteiger partial charge on any atom is 0.227 e. The number of nitrogens with zero attached hydrogens (tertiary/aromatic N) is 2. The summed E-state index contributed by atoms with van der Waals surface area (Å²) in [7, 11) is 0. The van der Waals surface area contributed by atoms with Gasteiger partial charge in [-0.15, -0.1) is 0 Å². The van der Waals surface area contributed by atoms with Crippen LogP contribution in [0.2, 0.25) is 0 Å². The van der Waals surface area contributed by atoms with Crippen molar-refractivity contribution < 1.29 is 19.8 Å². The van der Waals surface area contributed by atoms with Crippen LogP contribution in [0.15, 0.2) is 154 Å². The molecule has 0 saturated carbocycles. The predicted molar refractivity (Wildman–Crippen MR) is 198 cm³/mol. The van der Waals surface area contributed by atoms with Gasteiger partial charge < -0.3 is 8.83 Å². The van der Waals surface area contributed by atoms with Crippen LogP contribution in [0.1, 0.15) is 35.9 Å². The Labute approximate surface area is 294 Å². The number of benzene rings is 7. The van der Waals surface area contributed by atoms with Crippen LogP contribution in [0, 0.1) is 0 Å². The van der Waals surface area contributed by atoms with E-state index >= 15 is 0 Å². The molecule has 4 nitrogen and oxygen atoms in total. The molecule has 4 heteroatoms. The van der Waals surface area contributed by atoms with Crippen molar-refractivity contribution in [3.8, 4) is 56.3 Å². The zero-order valence-corrected chi connectivity index (χ0v) is 26.4. The summed E-state index contributed by atoms with van der Waals surface area (Å²) in [6, 6.07) is 30.0. The lowest BCUT2D eigenvalue weighted by atomic mass is 9.81. The standard InChI is InChI=1S/C45H30N2O2/c1-45(2)36-21-19-27-10-3-4-13-34(27)42(36)35-20-18-30(26-37(35)45)28-11-9-12-29(22-28)31-23-32(43-46-38-14-5-7-16-40(38)48-43)25-33(24-31)44-47-39-15-6-8-17-41(39)49-44/h3-26H,1-2H3/i5D,6D,7D,8D,14D,15D,16D,17D. The second-order valence-electron chi connectivity index (χ2n) is 12.9. The van der Waals surface area contributed by atoms with Crippen LogP contribution < -0.4 is 0 Å². The van der Waals surface area contributed by atoms with Crippen molar-refractivity contribution in [2.45, 2.75) is 19.3 Å². The molecule has 0 bridgehead atoms. The zero-order chi connectivity index (χ0) is 39.7. The van der Waals surface area contributed by atoms with E-state index in [1.165, 1.54) is 33.0 Å². The minimum absolute atomic E-state index is 0.00913. The molecule has 0 aliphatic heterocycles. The van der Waals surface area contributed by atoms with Crippen molar-refractivity contribution in [1.29, 1.82) is 0 Å². The molecule has 2 heterocycles. The molecule has 9 aromatic rings. The third kappa shape index (κ3) is 4.38. The van der Waals surface area contributed by atoms with Gasteiger partial charge in [-0.25, -0.2) is 9.97 Å². The minimum atomic E-state index is -0.431. The smallest absolute Gasteiger partial charge is 0.227 e. The van der Waals surface area contributed by atoms with Gasteiger partial charge in [0.05, 0.1) is 11.0 Å². The first-order valence-electron chi connectivity index (χ1n) is 20.0. The van der Waals surface area contributed by atoms with Crippen LogP contribution in [-0.2, 0) is 5.41 Å². The molecule has 232 valence electrons. The Bertz CT molecular complexity index is 3010. The lowest BCUT2D eigenvalue weighted by Crippen LogP contribution is -2.15. The molecule has 7 aromatic carbocycles. The molecule has 0 amide bonds. The summed E-state index contributed by atoms with van der Waals surface area (Å²) in [5, 5.41) is 2.44. The van der Waals surface area contributed by atoms with E-state index in [1.54, 1.807) is 6.07 Å². The van der Waals surface area contributed by atoms with Gasteiger partial charge >= 0.3 is 0 Å². The van der Waals surface area contributed by atoms with E-state index in [4.69, 9.17) is 19.8 Å². The number of fused-ring (bicyclic) bond motifs is 7.